The van der Waals surface area contributed by atoms with Crippen LogP contribution in [0.2, 0.25) is 0 Å². The molecule has 0 spiro atoms. The van der Waals surface area contributed by atoms with Crippen molar-refractivity contribution in [3.8, 4) is 0 Å². The normalized spacial score (nSPS) is 9.95. The third-order valence-corrected chi connectivity index (χ3v) is 2.30. The number of hydrogen-bond donors (Lipinski definition) is 2. The van der Waals surface area contributed by atoms with Crippen LogP contribution in [0.25, 0.3) is 0 Å². The maximum absolute atomic E-state index is 13.4. The first kappa shape index (κ1) is 15.5. The van der Waals surface area contributed by atoms with Crippen LogP contribution in [0.4, 0.5) is 14.5 Å². The fraction of sp³-hybridized carbons (Fsp3) is 0.250. The van der Waals surface area contributed by atoms with Gasteiger partial charge in [0.25, 0.3) is 0 Å². The van der Waals surface area contributed by atoms with Gasteiger partial charge in [-0.2, -0.15) is 0 Å². The highest BCUT2D eigenvalue weighted by Crippen LogP contribution is 2.20. The van der Waals surface area contributed by atoms with Crippen molar-refractivity contribution in [3.05, 3.63) is 29.3 Å². The molecule has 0 radical (unpaired) electrons. The number of hydrogen-bond acceptors (Lipinski definition) is 4. The molecule has 0 unspecified atom stereocenters. The number of anilines is 1. The van der Waals surface area contributed by atoms with Gasteiger partial charge in [0, 0.05) is 12.5 Å². The molecule has 0 aliphatic rings. The van der Waals surface area contributed by atoms with Gasteiger partial charge in [0.1, 0.15) is 11.6 Å². The minimum Gasteiger partial charge on any atom is -0.481 e. The van der Waals surface area contributed by atoms with Gasteiger partial charge in [0.15, 0.2) is 0 Å². The first-order valence-electron chi connectivity index (χ1n) is 5.44. The summed E-state index contributed by atoms with van der Waals surface area (Å²) in [4.78, 5) is 32.9. The molecular formula is C12H11F2NO5. The molecule has 1 rings (SSSR count). The van der Waals surface area contributed by atoms with E-state index in [4.69, 9.17) is 5.11 Å². The monoisotopic (exact) mass is 287 g/mol. The number of carboxylic acid groups (broad SMARTS) is 1. The Balaban J connectivity index is 2.92. The number of halogens is 2. The zero-order valence-electron chi connectivity index (χ0n) is 10.4. The van der Waals surface area contributed by atoms with Gasteiger partial charge in [-0.05, 0) is 6.07 Å². The summed E-state index contributed by atoms with van der Waals surface area (Å²) in [7, 11) is 1.02. The third-order valence-electron chi connectivity index (χ3n) is 2.30. The van der Waals surface area contributed by atoms with E-state index in [1.807, 2.05) is 0 Å². The Hall–Kier alpha value is -2.51. The number of carbonyl (C=O) groups excluding carboxylic acids is 2. The molecule has 1 aromatic rings. The largest absolute Gasteiger partial charge is 0.481 e. The lowest BCUT2D eigenvalue weighted by Crippen LogP contribution is -2.15. The van der Waals surface area contributed by atoms with Crippen LogP contribution in [0.15, 0.2) is 12.1 Å². The van der Waals surface area contributed by atoms with Crippen LogP contribution in [-0.2, 0) is 14.3 Å². The van der Waals surface area contributed by atoms with Crippen molar-refractivity contribution in [1.29, 1.82) is 0 Å². The van der Waals surface area contributed by atoms with Crippen LogP contribution in [-0.4, -0.2) is 30.1 Å². The number of carbonyl (C=O) groups is 3. The number of methoxy groups -OCH3 is 1. The van der Waals surface area contributed by atoms with Crippen LogP contribution in [0, 0.1) is 11.6 Å². The van der Waals surface area contributed by atoms with Crippen molar-refractivity contribution in [1.82, 2.24) is 0 Å². The minimum absolute atomic E-state index is 0.375. The summed E-state index contributed by atoms with van der Waals surface area (Å²) in [5.41, 5.74) is -0.968. The molecule has 0 saturated carbocycles. The lowest BCUT2D eigenvalue weighted by Gasteiger charge is -2.08. The fourth-order valence-electron chi connectivity index (χ4n) is 1.34. The van der Waals surface area contributed by atoms with Crippen molar-refractivity contribution in [2.75, 3.05) is 12.4 Å². The Bertz CT molecular complexity index is 559. The van der Waals surface area contributed by atoms with Crippen LogP contribution in [0.3, 0.4) is 0 Å². The predicted octanol–water partition coefficient (Wildman–Crippen LogP) is 1.55. The highest BCUT2D eigenvalue weighted by Gasteiger charge is 2.18. The summed E-state index contributed by atoms with van der Waals surface area (Å²) in [6.45, 7) is 0. The molecule has 0 atom stereocenters. The predicted molar refractivity (Wildman–Crippen MR) is 63.2 cm³/mol. The van der Waals surface area contributed by atoms with E-state index in [2.05, 4.69) is 10.1 Å². The van der Waals surface area contributed by atoms with Crippen LogP contribution < -0.4 is 5.32 Å². The number of carboxylic acids is 1. The second-order valence-electron chi connectivity index (χ2n) is 3.75. The van der Waals surface area contributed by atoms with Gasteiger partial charge in [-0.15, -0.1) is 0 Å². The molecule has 2 N–H and O–H groups in total. The highest BCUT2D eigenvalue weighted by molar-refractivity contribution is 5.95. The Morgan fingerprint density at radius 1 is 1.20 bits per heavy atom. The van der Waals surface area contributed by atoms with Crippen molar-refractivity contribution in [2.24, 2.45) is 0 Å². The van der Waals surface area contributed by atoms with E-state index in [1.54, 1.807) is 0 Å². The van der Waals surface area contributed by atoms with Crippen molar-refractivity contribution < 1.29 is 33.0 Å². The summed E-state index contributed by atoms with van der Waals surface area (Å²) in [6.07, 6.45) is -0.807. The van der Waals surface area contributed by atoms with Gasteiger partial charge in [0.05, 0.1) is 24.8 Å². The zero-order chi connectivity index (χ0) is 15.3. The molecule has 20 heavy (non-hydrogen) atoms. The average molecular weight is 287 g/mol. The maximum Gasteiger partial charge on any atom is 0.340 e. The number of aliphatic carboxylic acids is 1. The molecular weight excluding hydrogens is 276 g/mol. The molecule has 6 nitrogen and oxygen atoms in total. The van der Waals surface area contributed by atoms with Gasteiger partial charge >= 0.3 is 11.9 Å². The van der Waals surface area contributed by atoms with E-state index in [0.717, 1.165) is 13.2 Å². The first-order chi connectivity index (χ1) is 9.35. The second kappa shape index (κ2) is 6.60. The number of amides is 1. The number of rotatable bonds is 5. The summed E-state index contributed by atoms with van der Waals surface area (Å²) in [5, 5.41) is 10.5. The Morgan fingerprint density at radius 3 is 2.40 bits per heavy atom. The van der Waals surface area contributed by atoms with Crippen LogP contribution >= 0.6 is 0 Å². The molecule has 0 saturated heterocycles. The number of ether oxygens (including phenoxy) is 1. The van der Waals surface area contributed by atoms with Crippen molar-refractivity contribution >= 4 is 23.5 Å². The Kier molecular flexibility index (Phi) is 5.13. The first-order valence-corrected chi connectivity index (χ1v) is 5.44. The number of benzene rings is 1. The van der Waals surface area contributed by atoms with Crippen molar-refractivity contribution in [3.63, 3.8) is 0 Å². The Morgan fingerprint density at radius 2 is 1.85 bits per heavy atom. The molecule has 0 bridgehead atoms. The molecule has 0 aromatic heterocycles. The lowest BCUT2D eigenvalue weighted by atomic mass is 10.1. The molecule has 8 heteroatoms. The number of nitrogens with one attached hydrogen (secondary N) is 1. The average Bonchev–Trinajstić information content (AvgIpc) is 2.38. The summed E-state index contributed by atoms with van der Waals surface area (Å²) in [6, 6.07) is 1.22. The standard InChI is InChI=1S/C12H11F2NO5/c1-20-12(19)6-4-9(8(14)5-7(6)13)15-10(16)2-3-11(17)18/h4-5H,2-3H2,1H3,(H,15,16)(H,17,18). The van der Waals surface area contributed by atoms with E-state index < -0.39 is 47.2 Å². The third kappa shape index (κ3) is 4.01. The minimum atomic E-state index is -1.19. The molecule has 0 heterocycles. The van der Waals surface area contributed by atoms with Gasteiger partial charge in [-0.3, -0.25) is 9.59 Å². The summed E-state index contributed by atoms with van der Waals surface area (Å²) < 4.78 is 31.1. The molecule has 108 valence electrons. The zero-order valence-corrected chi connectivity index (χ0v) is 10.4. The Labute approximate surface area is 112 Å². The number of esters is 1. The molecule has 1 amide bonds. The van der Waals surface area contributed by atoms with E-state index in [0.29, 0.717) is 6.07 Å². The quantitative estimate of drug-likeness (QED) is 0.802. The second-order valence-corrected chi connectivity index (χ2v) is 3.75. The van der Waals surface area contributed by atoms with E-state index >= 15 is 0 Å². The van der Waals surface area contributed by atoms with E-state index in [-0.39, 0.29) is 6.42 Å². The van der Waals surface area contributed by atoms with Crippen molar-refractivity contribution in [2.45, 2.75) is 12.8 Å². The topological polar surface area (TPSA) is 92.7 Å². The lowest BCUT2D eigenvalue weighted by molar-refractivity contribution is -0.138. The van der Waals surface area contributed by atoms with Crippen LogP contribution in [0.1, 0.15) is 23.2 Å². The smallest absolute Gasteiger partial charge is 0.340 e. The fourth-order valence-corrected chi connectivity index (χ4v) is 1.34. The summed E-state index contributed by atoms with van der Waals surface area (Å²) in [5.74, 6) is -5.19. The van der Waals surface area contributed by atoms with Gasteiger partial charge in [-0.1, -0.05) is 0 Å². The SMILES string of the molecule is COC(=O)c1cc(NC(=O)CCC(=O)O)c(F)cc1F. The van der Waals surface area contributed by atoms with E-state index in [9.17, 15) is 23.2 Å². The van der Waals surface area contributed by atoms with Crippen LogP contribution in [0.5, 0.6) is 0 Å². The molecule has 0 aliphatic carbocycles. The molecule has 1 aromatic carbocycles. The van der Waals surface area contributed by atoms with Gasteiger partial charge in [0.2, 0.25) is 5.91 Å². The molecule has 0 aliphatic heterocycles. The van der Waals surface area contributed by atoms with Gasteiger partial charge < -0.3 is 15.2 Å². The molecule has 0 fully saturated rings. The van der Waals surface area contributed by atoms with Gasteiger partial charge in [-0.25, -0.2) is 13.6 Å². The van der Waals surface area contributed by atoms with E-state index in [1.165, 1.54) is 0 Å². The highest BCUT2D eigenvalue weighted by atomic mass is 19.1. The maximum atomic E-state index is 13.4. The summed E-state index contributed by atoms with van der Waals surface area (Å²) >= 11 is 0.